The van der Waals surface area contributed by atoms with Crippen LogP contribution in [0.4, 0.5) is 5.69 Å². The molecule has 4 heteroatoms. The number of nitrogen functional groups attached to an aromatic ring is 1. The van der Waals surface area contributed by atoms with Crippen LogP contribution in [0.2, 0.25) is 0 Å². The molecule has 0 bridgehead atoms. The number of hydrogen-bond donors (Lipinski definition) is 1. The molecule has 0 aromatic carbocycles. The zero-order chi connectivity index (χ0) is 9.42. The van der Waals surface area contributed by atoms with E-state index in [1.807, 2.05) is 0 Å². The van der Waals surface area contributed by atoms with Crippen molar-refractivity contribution in [1.29, 1.82) is 0 Å². The van der Waals surface area contributed by atoms with Crippen LogP contribution >= 0.6 is 23.3 Å². The van der Waals surface area contributed by atoms with Crippen molar-refractivity contribution in [3.63, 3.8) is 0 Å². The lowest BCUT2D eigenvalue weighted by Crippen LogP contribution is -2.10. The first kappa shape index (κ1) is 9.37. The maximum atomic E-state index is 5.93. The van der Waals surface area contributed by atoms with Crippen LogP contribution in [-0.2, 0) is 0 Å². The molecule has 1 aliphatic carbocycles. The van der Waals surface area contributed by atoms with Gasteiger partial charge in [0, 0.05) is 6.04 Å². The lowest BCUT2D eigenvalue weighted by Gasteiger charge is -2.12. The highest BCUT2D eigenvalue weighted by molar-refractivity contribution is 7.99. The second-order valence-electron chi connectivity index (χ2n) is 3.49. The van der Waals surface area contributed by atoms with Gasteiger partial charge in [0.25, 0.3) is 0 Å². The van der Waals surface area contributed by atoms with Crippen LogP contribution in [0.5, 0.6) is 0 Å². The smallest absolute Gasteiger partial charge is 0.0985 e. The molecule has 2 N–H and O–H groups in total. The highest BCUT2D eigenvalue weighted by atomic mass is 32.2. The molecular formula is C9H14N2S2. The van der Waals surface area contributed by atoms with E-state index in [9.17, 15) is 0 Å². The Morgan fingerprint density at radius 1 is 1.62 bits per heavy atom. The molecular weight excluding hydrogens is 200 g/mol. The minimum atomic E-state index is 0.784. The maximum Gasteiger partial charge on any atom is 0.0985 e. The van der Waals surface area contributed by atoms with Crippen molar-refractivity contribution in [3.05, 3.63) is 10.9 Å². The SMILES string of the molecule is Cc1csc(SN(C)C2CC2)c1N. The quantitative estimate of drug-likeness (QED) is 0.785. The molecule has 0 amide bonds. The lowest BCUT2D eigenvalue weighted by atomic mass is 10.3. The molecule has 0 saturated heterocycles. The molecule has 0 radical (unpaired) electrons. The van der Waals surface area contributed by atoms with E-state index < -0.39 is 0 Å². The van der Waals surface area contributed by atoms with E-state index in [0.717, 1.165) is 11.7 Å². The third-order valence-corrected chi connectivity index (χ3v) is 4.67. The number of thiophene rings is 1. The number of nitrogens with two attached hydrogens (primary N) is 1. The molecule has 2 rings (SSSR count). The van der Waals surface area contributed by atoms with Crippen LogP contribution in [0.25, 0.3) is 0 Å². The van der Waals surface area contributed by atoms with Crippen molar-refractivity contribution in [2.75, 3.05) is 12.8 Å². The number of hydrogen-bond acceptors (Lipinski definition) is 4. The lowest BCUT2D eigenvalue weighted by molar-refractivity contribution is 0.560. The topological polar surface area (TPSA) is 29.3 Å². The normalized spacial score (nSPS) is 16.8. The predicted octanol–water partition coefficient (Wildman–Crippen LogP) is 2.74. The van der Waals surface area contributed by atoms with Gasteiger partial charge in [0.2, 0.25) is 0 Å². The van der Waals surface area contributed by atoms with E-state index in [4.69, 9.17) is 5.73 Å². The molecule has 1 aromatic rings. The highest BCUT2D eigenvalue weighted by Gasteiger charge is 2.27. The second-order valence-corrected chi connectivity index (χ2v) is 5.79. The summed E-state index contributed by atoms with van der Waals surface area (Å²) in [5.74, 6) is 0. The van der Waals surface area contributed by atoms with Crippen molar-refractivity contribution >= 4 is 29.0 Å². The minimum absolute atomic E-state index is 0.784. The Hall–Kier alpha value is -0.190. The van der Waals surface area contributed by atoms with Crippen LogP contribution in [0.1, 0.15) is 18.4 Å². The summed E-state index contributed by atoms with van der Waals surface area (Å²) >= 11 is 3.53. The molecule has 0 aliphatic heterocycles. The van der Waals surface area contributed by atoms with Gasteiger partial charge < -0.3 is 5.73 Å². The molecule has 1 saturated carbocycles. The Labute approximate surface area is 87.2 Å². The Kier molecular flexibility index (Phi) is 2.53. The largest absolute Gasteiger partial charge is 0.397 e. The van der Waals surface area contributed by atoms with E-state index in [1.165, 1.54) is 22.6 Å². The Balaban J connectivity index is 2.03. The first-order valence-corrected chi connectivity index (χ1v) is 6.08. The summed E-state index contributed by atoms with van der Waals surface area (Å²) in [4.78, 5) is 0. The summed E-state index contributed by atoms with van der Waals surface area (Å²) in [6.07, 6.45) is 2.68. The standard InChI is InChI=1S/C9H14N2S2/c1-6-5-12-9(8(6)10)13-11(2)7-3-4-7/h5,7H,3-4,10H2,1-2H3. The molecule has 1 heterocycles. The summed E-state index contributed by atoms with van der Waals surface area (Å²) in [6.45, 7) is 2.06. The van der Waals surface area contributed by atoms with Gasteiger partial charge in [0.05, 0.1) is 9.90 Å². The van der Waals surface area contributed by atoms with Gasteiger partial charge >= 0.3 is 0 Å². The van der Waals surface area contributed by atoms with Crippen molar-refractivity contribution in [1.82, 2.24) is 4.31 Å². The fourth-order valence-electron chi connectivity index (χ4n) is 1.14. The van der Waals surface area contributed by atoms with Crippen LogP contribution in [0.3, 0.4) is 0 Å². The van der Waals surface area contributed by atoms with Crippen LogP contribution < -0.4 is 5.73 Å². The van der Waals surface area contributed by atoms with Gasteiger partial charge in [-0.2, -0.15) is 0 Å². The Morgan fingerprint density at radius 3 is 2.77 bits per heavy atom. The van der Waals surface area contributed by atoms with Crippen molar-refractivity contribution in [2.45, 2.75) is 30.0 Å². The highest BCUT2D eigenvalue weighted by Crippen LogP contribution is 2.40. The number of anilines is 1. The second kappa shape index (κ2) is 3.52. The molecule has 1 aliphatic rings. The minimum Gasteiger partial charge on any atom is -0.397 e. The maximum absolute atomic E-state index is 5.93. The van der Waals surface area contributed by atoms with Gasteiger partial charge in [0.15, 0.2) is 0 Å². The first-order chi connectivity index (χ1) is 6.18. The summed E-state index contributed by atoms with van der Waals surface area (Å²) in [5.41, 5.74) is 8.10. The van der Waals surface area contributed by atoms with Gasteiger partial charge in [-0.3, -0.25) is 0 Å². The van der Waals surface area contributed by atoms with E-state index in [2.05, 4.69) is 23.7 Å². The monoisotopic (exact) mass is 214 g/mol. The summed E-state index contributed by atoms with van der Waals surface area (Å²) < 4.78 is 3.56. The third-order valence-electron chi connectivity index (χ3n) is 2.28. The third kappa shape index (κ3) is 2.00. The summed E-state index contributed by atoms with van der Waals surface area (Å²) in [6, 6.07) is 0.784. The number of aryl methyl sites for hydroxylation is 1. The molecule has 0 atom stereocenters. The number of rotatable bonds is 3. The predicted molar refractivity (Wildman–Crippen MR) is 60.1 cm³/mol. The first-order valence-electron chi connectivity index (χ1n) is 4.43. The van der Waals surface area contributed by atoms with Crippen molar-refractivity contribution in [2.24, 2.45) is 0 Å². The summed E-state index contributed by atoms with van der Waals surface area (Å²) in [7, 11) is 2.15. The Bertz CT molecular complexity index is 305. The molecule has 72 valence electrons. The van der Waals surface area contributed by atoms with Crippen molar-refractivity contribution < 1.29 is 0 Å². The average molecular weight is 214 g/mol. The van der Waals surface area contributed by atoms with E-state index in [0.29, 0.717) is 0 Å². The van der Waals surface area contributed by atoms with Gasteiger partial charge in [-0.05, 0) is 49.7 Å². The van der Waals surface area contributed by atoms with E-state index in [-0.39, 0.29) is 0 Å². The molecule has 1 fully saturated rings. The van der Waals surface area contributed by atoms with Gasteiger partial charge in [-0.15, -0.1) is 11.3 Å². The molecule has 13 heavy (non-hydrogen) atoms. The molecule has 0 unspecified atom stereocenters. The van der Waals surface area contributed by atoms with Gasteiger partial charge in [0.1, 0.15) is 0 Å². The van der Waals surface area contributed by atoms with Crippen LogP contribution in [0.15, 0.2) is 9.59 Å². The van der Waals surface area contributed by atoms with E-state index >= 15 is 0 Å². The van der Waals surface area contributed by atoms with Crippen LogP contribution in [-0.4, -0.2) is 17.4 Å². The fourth-order valence-corrected chi connectivity index (χ4v) is 3.39. The van der Waals surface area contributed by atoms with Crippen molar-refractivity contribution in [3.8, 4) is 0 Å². The van der Waals surface area contributed by atoms with Crippen LogP contribution in [0, 0.1) is 6.92 Å². The number of nitrogens with zero attached hydrogens (tertiary/aromatic N) is 1. The zero-order valence-electron chi connectivity index (χ0n) is 7.91. The molecule has 2 nitrogen and oxygen atoms in total. The Morgan fingerprint density at radius 2 is 2.31 bits per heavy atom. The fraction of sp³-hybridized carbons (Fsp3) is 0.556. The zero-order valence-corrected chi connectivity index (χ0v) is 9.54. The molecule has 1 aromatic heterocycles. The average Bonchev–Trinajstić information content (AvgIpc) is 2.89. The van der Waals surface area contributed by atoms with E-state index in [1.54, 1.807) is 23.3 Å². The van der Waals surface area contributed by atoms with Gasteiger partial charge in [-0.1, -0.05) is 0 Å². The molecule has 0 spiro atoms. The van der Waals surface area contributed by atoms with Gasteiger partial charge in [-0.25, -0.2) is 4.31 Å². The summed E-state index contributed by atoms with van der Waals surface area (Å²) in [5, 5.41) is 2.12.